The molecule has 1 heterocycles. The van der Waals surface area contributed by atoms with E-state index in [2.05, 4.69) is 5.32 Å². The van der Waals surface area contributed by atoms with E-state index in [1.165, 1.54) is 7.11 Å². The Labute approximate surface area is 109 Å². The third-order valence-corrected chi connectivity index (χ3v) is 3.45. The number of methoxy groups -OCH3 is 1. The maximum atomic E-state index is 11.8. The zero-order valence-corrected chi connectivity index (χ0v) is 11.6. The largest absolute Gasteiger partial charge is 0.468 e. The van der Waals surface area contributed by atoms with Crippen LogP contribution in [0.1, 0.15) is 39.5 Å². The molecule has 1 aliphatic heterocycles. The fraction of sp³-hybridized carbons (Fsp3) is 0.846. The zero-order chi connectivity index (χ0) is 13.5. The Hall–Kier alpha value is -1.10. The van der Waals surface area contributed by atoms with Crippen LogP contribution >= 0.6 is 0 Å². The molecule has 1 aliphatic rings. The molecule has 0 bridgehead atoms. The summed E-state index contributed by atoms with van der Waals surface area (Å²) in [6.45, 7) is 5.08. The van der Waals surface area contributed by atoms with Gasteiger partial charge in [-0.2, -0.15) is 0 Å². The normalized spacial score (nSPS) is 22.3. The molecule has 5 heteroatoms. The van der Waals surface area contributed by atoms with Crippen molar-refractivity contribution < 1.29 is 14.3 Å². The standard InChI is InChI=1S/C13H24N2O3/c1-4-10(2)14-12(16)9-15-8-6-5-7-11(15)13(17)18-3/h10-11H,4-9H2,1-3H3,(H,14,16)/t10-,11+/m0/s1. The summed E-state index contributed by atoms with van der Waals surface area (Å²) in [5.41, 5.74) is 0. The number of likely N-dealkylation sites (tertiary alicyclic amines) is 1. The molecule has 0 aromatic heterocycles. The number of nitrogens with one attached hydrogen (secondary N) is 1. The Bertz CT molecular complexity index is 294. The maximum Gasteiger partial charge on any atom is 0.323 e. The van der Waals surface area contributed by atoms with E-state index in [1.807, 2.05) is 18.7 Å². The Morgan fingerprint density at radius 1 is 1.44 bits per heavy atom. The van der Waals surface area contributed by atoms with E-state index in [4.69, 9.17) is 4.74 Å². The number of ether oxygens (including phenoxy) is 1. The second kappa shape index (κ2) is 7.36. The molecule has 1 saturated heterocycles. The van der Waals surface area contributed by atoms with Gasteiger partial charge in [-0.25, -0.2) is 0 Å². The number of hydrogen-bond acceptors (Lipinski definition) is 4. The van der Waals surface area contributed by atoms with Crippen LogP contribution in [0.4, 0.5) is 0 Å². The van der Waals surface area contributed by atoms with E-state index in [9.17, 15) is 9.59 Å². The second-order valence-electron chi connectivity index (χ2n) is 4.88. The van der Waals surface area contributed by atoms with Crippen molar-refractivity contribution in [2.24, 2.45) is 0 Å². The van der Waals surface area contributed by atoms with Crippen molar-refractivity contribution in [1.82, 2.24) is 10.2 Å². The smallest absolute Gasteiger partial charge is 0.323 e. The molecule has 0 spiro atoms. The van der Waals surface area contributed by atoms with Crippen LogP contribution in [-0.4, -0.2) is 49.1 Å². The van der Waals surface area contributed by atoms with Gasteiger partial charge in [-0.3, -0.25) is 14.5 Å². The van der Waals surface area contributed by atoms with Crippen LogP contribution in [0.5, 0.6) is 0 Å². The summed E-state index contributed by atoms with van der Waals surface area (Å²) in [4.78, 5) is 25.4. The quantitative estimate of drug-likeness (QED) is 0.743. The molecule has 0 radical (unpaired) electrons. The molecule has 1 rings (SSSR count). The highest BCUT2D eigenvalue weighted by Crippen LogP contribution is 2.17. The van der Waals surface area contributed by atoms with Gasteiger partial charge in [0.15, 0.2) is 0 Å². The Kier molecular flexibility index (Phi) is 6.12. The SMILES string of the molecule is CC[C@H](C)NC(=O)CN1CCCC[C@@H]1C(=O)OC. The number of piperidine rings is 1. The lowest BCUT2D eigenvalue weighted by atomic mass is 10.0. The van der Waals surface area contributed by atoms with E-state index in [0.29, 0.717) is 0 Å². The van der Waals surface area contributed by atoms with E-state index >= 15 is 0 Å². The zero-order valence-electron chi connectivity index (χ0n) is 11.6. The molecule has 0 saturated carbocycles. The minimum Gasteiger partial charge on any atom is -0.468 e. The van der Waals surface area contributed by atoms with Gasteiger partial charge in [0.1, 0.15) is 6.04 Å². The van der Waals surface area contributed by atoms with Crippen LogP contribution < -0.4 is 5.32 Å². The second-order valence-corrected chi connectivity index (χ2v) is 4.88. The highest BCUT2D eigenvalue weighted by Gasteiger charge is 2.30. The lowest BCUT2D eigenvalue weighted by Gasteiger charge is -2.33. The van der Waals surface area contributed by atoms with E-state index < -0.39 is 0 Å². The number of nitrogens with zero attached hydrogens (tertiary/aromatic N) is 1. The van der Waals surface area contributed by atoms with Gasteiger partial charge in [-0.15, -0.1) is 0 Å². The summed E-state index contributed by atoms with van der Waals surface area (Å²) in [6.07, 6.45) is 3.74. The summed E-state index contributed by atoms with van der Waals surface area (Å²) < 4.78 is 4.79. The topological polar surface area (TPSA) is 58.6 Å². The maximum absolute atomic E-state index is 11.8. The highest BCUT2D eigenvalue weighted by molar-refractivity contribution is 5.80. The number of carbonyl (C=O) groups is 2. The van der Waals surface area contributed by atoms with Crippen LogP contribution in [0, 0.1) is 0 Å². The van der Waals surface area contributed by atoms with Gasteiger partial charge >= 0.3 is 5.97 Å². The van der Waals surface area contributed by atoms with Gasteiger partial charge in [-0.1, -0.05) is 13.3 Å². The molecule has 2 atom stereocenters. The van der Waals surface area contributed by atoms with Gasteiger partial charge < -0.3 is 10.1 Å². The first-order chi connectivity index (χ1) is 8.58. The minimum absolute atomic E-state index is 0.0137. The van der Waals surface area contributed by atoms with Gasteiger partial charge in [0.25, 0.3) is 0 Å². The Morgan fingerprint density at radius 3 is 2.78 bits per heavy atom. The van der Waals surface area contributed by atoms with Crippen molar-refractivity contribution in [1.29, 1.82) is 0 Å². The lowest BCUT2D eigenvalue weighted by Crippen LogP contribution is -2.50. The molecule has 0 aromatic carbocycles. The Balaban J connectivity index is 2.51. The van der Waals surface area contributed by atoms with Crippen molar-refractivity contribution in [2.45, 2.75) is 51.6 Å². The summed E-state index contributed by atoms with van der Waals surface area (Å²) in [6, 6.07) is -0.0784. The molecule has 1 amide bonds. The molecule has 18 heavy (non-hydrogen) atoms. The van der Waals surface area contributed by atoms with Crippen LogP contribution in [0.2, 0.25) is 0 Å². The van der Waals surface area contributed by atoms with E-state index in [0.717, 1.165) is 32.2 Å². The van der Waals surface area contributed by atoms with Crippen LogP contribution in [0.3, 0.4) is 0 Å². The molecule has 0 aromatic rings. The molecule has 1 fully saturated rings. The first-order valence-electron chi connectivity index (χ1n) is 6.69. The van der Waals surface area contributed by atoms with Crippen molar-refractivity contribution in [3.05, 3.63) is 0 Å². The van der Waals surface area contributed by atoms with Crippen molar-refractivity contribution in [2.75, 3.05) is 20.2 Å². The molecular formula is C13H24N2O3. The predicted molar refractivity (Wildman–Crippen MR) is 69.1 cm³/mol. The molecular weight excluding hydrogens is 232 g/mol. The highest BCUT2D eigenvalue weighted by atomic mass is 16.5. The van der Waals surface area contributed by atoms with Crippen LogP contribution in [-0.2, 0) is 14.3 Å². The number of amides is 1. The first kappa shape index (κ1) is 15.0. The number of carbonyl (C=O) groups excluding carboxylic acids is 2. The fourth-order valence-electron chi connectivity index (χ4n) is 2.19. The van der Waals surface area contributed by atoms with E-state index in [-0.39, 0.29) is 30.5 Å². The van der Waals surface area contributed by atoms with Gasteiger partial charge in [0.2, 0.25) is 5.91 Å². The summed E-state index contributed by atoms with van der Waals surface area (Å²) in [7, 11) is 1.40. The lowest BCUT2D eigenvalue weighted by molar-refractivity contribution is -0.148. The molecule has 104 valence electrons. The number of rotatable bonds is 5. The van der Waals surface area contributed by atoms with Crippen LogP contribution in [0.25, 0.3) is 0 Å². The van der Waals surface area contributed by atoms with Crippen molar-refractivity contribution in [3.63, 3.8) is 0 Å². The van der Waals surface area contributed by atoms with E-state index in [1.54, 1.807) is 0 Å². The first-order valence-corrected chi connectivity index (χ1v) is 6.69. The van der Waals surface area contributed by atoms with Gasteiger partial charge in [0.05, 0.1) is 13.7 Å². The average molecular weight is 256 g/mol. The summed E-state index contributed by atoms with van der Waals surface area (Å²) in [5, 5.41) is 2.92. The predicted octanol–water partition coefficient (Wildman–Crippen LogP) is 0.929. The average Bonchev–Trinajstić information content (AvgIpc) is 2.38. The van der Waals surface area contributed by atoms with Crippen molar-refractivity contribution >= 4 is 11.9 Å². The third-order valence-electron chi connectivity index (χ3n) is 3.45. The van der Waals surface area contributed by atoms with Gasteiger partial charge in [-0.05, 0) is 32.7 Å². The fourth-order valence-corrected chi connectivity index (χ4v) is 2.19. The Morgan fingerprint density at radius 2 is 2.17 bits per heavy atom. The number of esters is 1. The summed E-state index contributed by atoms with van der Waals surface area (Å²) >= 11 is 0. The number of hydrogen-bond donors (Lipinski definition) is 1. The van der Waals surface area contributed by atoms with Crippen molar-refractivity contribution in [3.8, 4) is 0 Å². The third kappa shape index (κ3) is 4.29. The summed E-state index contributed by atoms with van der Waals surface area (Å²) in [5.74, 6) is -0.244. The minimum atomic E-state index is -0.258. The van der Waals surface area contributed by atoms with Gasteiger partial charge in [0, 0.05) is 6.04 Å². The molecule has 5 nitrogen and oxygen atoms in total. The molecule has 0 unspecified atom stereocenters. The molecule has 1 N–H and O–H groups in total. The monoisotopic (exact) mass is 256 g/mol. The molecule has 0 aliphatic carbocycles. The van der Waals surface area contributed by atoms with Crippen LogP contribution in [0.15, 0.2) is 0 Å².